The first-order chi connectivity index (χ1) is 17.7. The summed E-state index contributed by atoms with van der Waals surface area (Å²) in [4.78, 5) is 19.0. The first kappa shape index (κ1) is 28.1. The van der Waals surface area contributed by atoms with E-state index in [1.54, 1.807) is 14.2 Å². The Bertz CT molecular complexity index is 1250. The Morgan fingerprint density at radius 3 is 2.24 bits per heavy atom. The molecule has 1 aliphatic heterocycles. The summed E-state index contributed by atoms with van der Waals surface area (Å²) < 4.78 is 19.2. The van der Waals surface area contributed by atoms with Crippen LogP contribution in [0.5, 0.6) is 11.5 Å². The summed E-state index contributed by atoms with van der Waals surface area (Å²) in [5.74, 6) is 1.32. The van der Waals surface area contributed by atoms with Gasteiger partial charge >= 0.3 is 5.97 Å². The number of carbonyl (C=O) groups is 1. The Morgan fingerprint density at radius 1 is 1.03 bits per heavy atom. The molecule has 2 aromatic rings. The summed E-state index contributed by atoms with van der Waals surface area (Å²) in [7, 11) is 5.47. The Kier molecular flexibility index (Phi) is 9.24. The first-order valence-corrected chi connectivity index (χ1v) is 12.9. The summed E-state index contributed by atoms with van der Waals surface area (Å²) in [6.45, 7) is 14.1. The van der Waals surface area contributed by atoms with Gasteiger partial charge in [-0.25, -0.2) is 0 Å². The average molecular weight is 508 g/mol. The maximum Gasteiger partial charge on any atom is 0.305 e. The molecule has 2 heterocycles. The number of ether oxygens (including phenoxy) is 3. The van der Waals surface area contributed by atoms with E-state index < -0.39 is 0 Å². The van der Waals surface area contributed by atoms with Crippen molar-refractivity contribution in [3.63, 3.8) is 0 Å². The molecule has 1 aliphatic rings. The highest BCUT2D eigenvalue weighted by Gasteiger charge is 2.26. The lowest BCUT2D eigenvalue weighted by atomic mass is 9.94. The molecule has 0 spiro atoms. The van der Waals surface area contributed by atoms with Gasteiger partial charge in [0.2, 0.25) is 0 Å². The zero-order valence-corrected chi connectivity index (χ0v) is 23.8. The van der Waals surface area contributed by atoms with E-state index in [1.165, 1.54) is 11.3 Å². The van der Waals surface area contributed by atoms with Crippen LogP contribution < -0.4 is 14.4 Å². The molecule has 37 heavy (non-hydrogen) atoms. The number of anilines is 1. The second-order valence-corrected chi connectivity index (χ2v) is 9.39. The zero-order valence-electron chi connectivity index (χ0n) is 23.8. The maximum atomic E-state index is 11.9. The number of benzene rings is 1. The van der Waals surface area contributed by atoms with Crippen molar-refractivity contribution >= 4 is 22.9 Å². The number of aryl methyl sites for hydroxylation is 2. The summed E-state index contributed by atoms with van der Waals surface area (Å²) >= 11 is 0. The van der Waals surface area contributed by atoms with Gasteiger partial charge in [0.25, 0.3) is 0 Å². The monoisotopic (exact) mass is 507 g/mol. The van der Waals surface area contributed by atoms with Crippen LogP contribution in [0.1, 0.15) is 63.1 Å². The molecule has 0 amide bonds. The molecular weight excluding hydrogens is 466 g/mol. The van der Waals surface area contributed by atoms with E-state index in [1.807, 2.05) is 19.9 Å². The van der Waals surface area contributed by atoms with Crippen LogP contribution in [0.15, 0.2) is 40.5 Å². The van der Waals surface area contributed by atoms with Crippen LogP contribution in [0.3, 0.4) is 0 Å². The van der Waals surface area contributed by atoms with Gasteiger partial charge in [0.15, 0.2) is 0 Å². The Labute approximate surface area is 221 Å². The molecule has 1 aromatic heterocycles. The molecule has 0 bridgehead atoms. The number of hydrogen-bond acceptors (Lipinski definition) is 6. The van der Waals surface area contributed by atoms with E-state index in [-0.39, 0.29) is 5.97 Å². The number of rotatable bonds is 11. The summed E-state index contributed by atoms with van der Waals surface area (Å²) in [6.07, 6.45) is 3.18. The zero-order chi connectivity index (χ0) is 27.3. The third-order valence-corrected chi connectivity index (χ3v) is 6.83. The third-order valence-electron chi connectivity index (χ3n) is 6.83. The number of aromatic nitrogens is 1. The van der Waals surface area contributed by atoms with E-state index >= 15 is 0 Å². The van der Waals surface area contributed by atoms with E-state index in [2.05, 4.69) is 62.4 Å². The lowest BCUT2D eigenvalue weighted by molar-refractivity contribution is -0.143. The van der Waals surface area contributed by atoms with E-state index in [4.69, 9.17) is 19.2 Å². The molecule has 0 aliphatic carbocycles. The number of aliphatic imine (C=N–C) groups is 1. The molecule has 0 saturated carbocycles. The minimum absolute atomic E-state index is 0.168. The average Bonchev–Trinajstić information content (AvgIpc) is 3.33. The highest BCUT2D eigenvalue weighted by molar-refractivity contribution is 6.01. The van der Waals surface area contributed by atoms with Gasteiger partial charge in [-0.1, -0.05) is 0 Å². The number of hydrogen-bond donors (Lipinski definition) is 0. The third kappa shape index (κ3) is 5.92. The van der Waals surface area contributed by atoms with Gasteiger partial charge < -0.3 is 23.7 Å². The Hall–Kier alpha value is -3.48. The standard InChI is InChI=1S/C30H41N3O4/c1-10-33(14-12-13-27(34)37-11-2)24-18-25(35-8)23(17-26(24)36-9)28(29-19(3)15-21(5)31-29)30-20(4)16-22(6)32(30)7/h15-18H,10-14H2,1-9H3/b29-28-. The van der Waals surface area contributed by atoms with Gasteiger partial charge in [0.05, 0.1) is 37.9 Å². The molecule has 7 nitrogen and oxygen atoms in total. The minimum atomic E-state index is -0.168. The molecule has 0 unspecified atom stereocenters. The highest BCUT2D eigenvalue weighted by Crippen LogP contribution is 2.44. The molecule has 1 aromatic carbocycles. The van der Waals surface area contributed by atoms with Crippen molar-refractivity contribution in [1.29, 1.82) is 0 Å². The highest BCUT2D eigenvalue weighted by atomic mass is 16.5. The van der Waals surface area contributed by atoms with Gasteiger partial charge in [-0.05, 0) is 77.3 Å². The predicted molar refractivity (Wildman–Crippen MR) is 151 cm³/mol. The van der Waals surface area contributed by atoms with Crippen LogP contribution >= 0.6 is 0 Å². The first-order valence-electron chi connectivity index (χ1n) is 12.9. The Balaban J connectivity index is 2.17. The Morgan fingerprint density at radius 2 is 1.73 bits per heavy atom. The number of esters is 1. The second kappa shape index (κ2) is 12.2. The largest absolute Gasteiger partial charge is 0.496 e. The van der Waals surface area contributed by atoms with Crippen LogP contribution in [0, 0.1) is 13.8 Å². The lowest BCUT2D eigenvalue weighted by Crippen LogP contribution is -2.25. The molecule has 0 N–H and O–H groups in total. The molecule has 200 valence electrons. The van der Waals surface area contributed by atoms with E-state index in [9.17, 15) is 4.79 Å². The van der Waals surface area contributed by atoms with Crippen LogP contribution in [-0.4, -0.2) is 50.2 Å². The predicted octanol–water partition coefficient (Wildman–Crippen LogP) is 6.01. The van der Waals surface area contributed by atoms with Crippen LogP contribution in [0.4, 0.5) is 5.69 Å². The van der Waals surface area contributed by atoms with Crippen molar-refractivity contribution in [3.05, 3.63) is 58.1 Å². The van der Waals surface area contributed by atoms with Gasteiger partial charge in [0, 0.05) is 55.2 Å². The van der Waals surface area contributed by atoms with Gasteiger partial charge in [-0.2, -0.15) is 0 Å². The topological polar surface area (TPSA) is 65.3 Å². The maximum absolute atomic E-state index is 11.9. The molecular formula is C30H41N3O4. The van der Waals surface area contributed by atoms with Crippen molar-refractivity contribution in [2.24, 2.45) is 12.0 Å². The second-order valence-electron chi connectivity index (χ2n) is 9.39. The molecule has 0 radical (unpaired) electrons. The van der Waals surface area contributed by atoms with Crippen LogP contribution in [0.25, 0.3) is 5.57 Å². The van der Waals surface area contributed by atoms with E-state index in [0.29, 0.717) is 26.0 Å². The van der Waals surface area contributed by atoms with Gasteiger partial charge in [-0.15, -0.1) is 0 Å². The van der Waals surface area contributed by atoms with Crippen molar-refractivity contribution < 1.29 is 19.0 Å². The molecule has 0 saturated heterocycles. The molecule has 0 atom stereocenters. The van der Waals surface area contributed by atoms with Crippen molar-refractivity contribution in [2.45, 2.75) is 54.4 Å². The molecule has 3 rings (SSSR count). The fourth-order valence-electron chi connectivity index (χ4n) is 5.00. The number of carbonyl (C=O) groups excluding carboxylic acids is 1. The molecule has 7 heteroatoms. The summed E-state index contributed by atoms with van der Waals surface area (Å²) in [5.41, 5.74) is 9.37. The minimum Gasteiger partial charge on any atom is -0.496 e. The van der Waals surface area contributed by atoms with Gasteiger partial charge in [0.1, 0.15) is 11.5 Å². The normalized spacial score (nSPS) is 14.3. The van der Waals surface area contributed by atoms with Crippen LogP contribution in [0.2, 0.25) is 0 Å². The van der Waals surface area contributed by atoms with Crippen molar-refractivity contribution in [2.75, 3.05) is 38.8 Å². The fourth-order valence-corrected chi connectivity index (χ4v) is 5.00. The summed E-state index contributed by atoms with van der Waals surface area (Å²) in [5, 5.41) is 0. The van der Waals surface area contributed by atoms with Crippen molar-refractivity contribution in [1.82, 2.24) is 4.57 Å². The molecule has 0 fully saturated rings. The smallest absolute Gasteiger partial charge is 0.305 e. The fraction of sp³-hybridized carbons (Fsp3) is 0.467. The van der Waals surface area contributed by atoms with Crippen molar-refractivity contribution in [3.8, 4) is 11.5 Å². The number of nitrogens with zero attached hydrogens (tertiary/aromatic N) is 3. The van der Waals surface area contributed by atoms with Gasteiger partial charge in [-0.3, -0.25) is 9.79 Å². The SMILES string of the molecule is CCOC(=O)CCCN(CC)c1cc(OC)c(/C(=C2/N=C(C)C=C2C)c2c(C)cc(C)n2C)cc1OC. The summed E-state index contributed by atoms with van der Waals surface area (Å²) in [6, 6.07) is 6.29. The number of allylic oxidation sites excluding steroid dienone is 2. The lowest BCUT2D eigenvalue weighted by Gasteiger charge is -2.27. The van der Waals surface area contributed by atoms with Crippen LogP contribution in [-0.2, 0) is 16.6 Å². The van der Waals surface area contributed by atoms with E-state index in [0.717, 1.165) is 57.5 Å². The quantitative estimate of drug-likeness (QED) is 0.349. The number of methoxy groups -OCH3 is 2.